The van der Waals surface area contributed by atoms with E-state index < -0.39 is 0 Å². The van der Waals surface area contributed by atoms with Crippen LogP contribution in [0.15, 0.2) is 24.3 Å². The first-order valence-electron chi connectivity index (χ1n) is 6.30. The Kier molecular flexibility index (Phi) is 3.83. The number of benzene rings is 1. The van der Waals surface area contributed by atoms with Gasteiger partial charge in [-0.2, -0.15) is 0 Å². The topological polar surface area (TPSA) is 15.3 Å². The molecule has 0 saturated carbocycles. The molecule has 1 atom stereocenters. The molecule has 0 aromatic heterocycles. The molecule has 1 saturated heterocycles. The number of nitrogens with zero attached hydrogens (tertiary/aromatic N) is 1. The molecule has 0 radical (unpaired) electrons. The molecule has 0 aliphatic carbocycles. The predicted octanol–water partition coefficient (Wildman–Crippen LogP) is 2.57. The lowest BCUT2D eigenvalue weighted by molar-refractivity contribution is 0.585. The summed E-state index contributed by atoms with van der Waals surface area (Å²) in [5.41, 5.74) is 2.83. The number of nitrogens with one attached hydrogen (secondary N) is 1. The Balaban J connectivity index is 2.10. The monoisotopic (exact) mass is 218 g/mol. The van der Waals surface area contributed by atoms with E-state index in [0.29, 0.717) is 0 Å². The van der Waals surface area contributed by atoms with Gasteiger partial charge in [-0.15, -0.1) is 0 Å². The smallest absolute Gasteiger partial charge is 0.0398 e. The summed E-state index contributed by atoms with van der Waals surface area (Å²) >= 11 is 0. The van der Waals surface area contributed by atoms with Gasteiger partial charge in [-0.25, -0.2) is 0 Å². The van der Waals surface area contributed by atoms with Crippen LogP contribution in [0.3, 0.4) is 0 Å². The lowest BCUT2D eigenvalue weighted by Gasteiger charge is -2.28. The van der Waals surface area contributed by atoms with Gasteiger partial charge in [0.05, 0.1) is 0 Å². The third-order valence-electron chi connectivity index (χ3n) is 3.53. The van der Waals surface area contributed by atoms with E-state index in [1.54, 1.807) is 0 Å². The molecule has 0 amide bonds. The minimum absolute atomic E-state index is 0.730. The van der Waals surface area contributed by atoms with Crippen LogP contribution in [-0.4, -0.2) is 26.2 Å². The van der Waals surface area contributed by atoms with E-state index in [1.165, 1.54) is 37.1 Å². The van der Waals surface area contributed by atoms with Gasteiger partial charge in [0.15, 0.2) is 0 Å². The van der Waals surface area contributed by atoms with Crippen LogP contribution < -0.4 is 10.2 Å². The molecule has 2 heteroatoms. The van der Waals surface area contributed by atoms with Crippen LogP contribution >= 0.6 is 0 Å². The predicted molar refractivity (Wildman–Crippen MR) is 70.1 cm³/mol. The SMILES string of the molecule is CNCCC1CCCN1c1ccccc1C. The molecule has 1 N–H and O–H groups in total. The molecule has 1 aliphatic rings. The van der Waals surface area contributed by atoms with Crippen molar-refractivity contribution < 1.29 is 0 Å². The summed E-state index contributed by atoms with van der Waals surface area (Å²) in [4.78, 5) is 2.59. The lowest BCUT2D eigenvalue weighted by Crippen LogP contribution is -2.32. The van der Waals surface area contributed by atoms with Crippen LogP contribution in [0.2, 0.25) is 0 Å². The second kappa shape index (κ2) is 5.35. The number of aryl methyl sites for hydroxylation is 1. The molecule has 1 aromatic rings. The number of rotatable bonds is 4. The van der Waals surface area contributed by atoms with E-state index >= 15 is 0 Å². The Morgan fingerprint density at radius 1 is 1.38 bits per heavy atom. The van der Waals surface area contributed by atoms with Gasteiger partial charge < -0.3 is 10.2 Å². The molecule has 1 fully saturated rings. The molecule has 88 valence electrons. The third-order valence-corrected chi connectivity index (χ3v) is 3.53. The Bertz CT molecular complexity index is 335. The van der Waals surface area contributed by atoms with Crippen molar-refractivity contribution in [1.82, 2.24) is 5.32 Å². The summed E-state index contributed by atoms with van der Waals surface area (Å²) in [5.74, 6) is 0. The zero-order valence-corrected chi connectivity index (χ0v) is 10.4. The van der Waals surface area contributed by atoms with E-state index in [0.717, 1.165) is 12.6 Å². The highest BCUT2D eigenvalue weighted by Gasteiger charge is 2.24. The standard InChI is InChI=1S/C14H22N2/c1-12-6-3-4-8-14(12)16-11-5-7-13(16)9-10-15-2/h3-4,6,8,13,15H,5,7,9-11H2,1-2H3. The van der Waals surface area contributed by atoms with Crippen molar-refractivity contribution in [2.45, 2.75) is 32.2 Å². The number of hydrogen-bond acceptors (Lipinski definition) is 2. The lowest BCUT2D eigenvalue weighted by atomic mass is 10.1. The fourth-order valence-electron chi connectivity index (χ4n) is 2.65. The van der Waals surface area contributed by atoms with Crippen LogP contribution in [0.5, 0.6) is 0 Å². The van der Waals surface area contributed by atoms with Crippen LogP contribution in [0, 0.1) is 6.92 Å². The first kappa shape index (κ1) is 11.5. The maximum absolute atomic E-state index is 3.25. The zero-order valence-electron chi connectivity index (χ0n) is 10.4. The fraction of sp³-hybridized carbons (Fsp3) is 0.571. The highest BCUT2D eigenvalue weighted by molar-refractivity contribution is 5.54. The van der Waals surface area contributed by atoms with E-state index in [1.807, 2.05) is 7.05 Å². The maximum atomic E-state index is 3.25. The summed E-state index contributed by atoms with van der Waals surface area (Å²) in [6.45, 7) is 4.55. The van der Waals surface area contributed by atoms with Gasteiger partial charge in [0, 0.05) is 18.3 Å². The number of anilines is 1. The van der Waals surface area contributed by atoms with Gasteiger partial charge in [0.2, 0.25) is 0 Å². The van der Waals surface area contributed by atoms with Crippen LogP contribution in [0.1, 0.15) is 24.8 Å². The molecule has 0 bridgehead atoms. The number of hydrogen-bond donors (Lipinski definition) is 1. The molecule has 1 heterocycles. The molecule has 2 rings (SSSR count). The van der Waals surface area contributed by atoms with E-state index in [-0.39, 0.29) is 0 Å². The van der Waals surface area contributed by atoms with Gasteiger partial charge in [-0.05, 0) is 51.4 Å². The van der Waals surface area contributed by atoms with Gasteiger partial charge >= 0.3 is 0 Å². The molecular weight excluding hydrogens is 196 g/mol. The highest BCUT2D eigenvalue weighted by atomic mass is 15.2. The van der Waals surface area contributed by atoms with Gasteiger partial charge in [-0.3, -0.25) is 0 Å². The minimum atomic E-state index is 0.730. The van der Waals surface area contributed by atoms with Crippen LogP contribution in [0.25, 0.3) is 0 Å². The normalized spacial score (nSPS) is 20.4. The Morgan fingerprint density at radius 2 is 2.19 bits per heavy atom. The van der Waals surface area contributed by atoms with Crippen molar-refractivity contribution in [3.8, 4) is 0 Å². The Morgan fingerprint density at radius 3 is 2.94 bits per heavy atom. The third kappa shape index (κ3) is 2.38. The summed E-state index contributed by atoms with van der Waals surface area (Å²) < 4.78 is 0. The van der Waals surface area contributed by atoms with Gasteiger partial charge in [0.1, 0.15) is 0 Å². The Labute approximate surface area is 98.7 Å². The van der Waals surface area contributed by atoms with E-state index in [4.69, 9.17) is 0 Å². The van der Waals surface area contributed by atoms with Crippen LogP contribution in [0.4, 0.5) is 5.69 Å². The van der Waals surface area contributed by atoms with Crippen LogP contribution in [-0.2, 0) is 0 Å². The molecule has 0 spiro atoms. The van der Waals surface area contributed by atoms with Crippen molar-refractivity contribution in [2.24, 2.45) is 0 Å². The van der Waals surface area contributed by atoms with Gasteiger partial charge in [0.25, 0.3) is 0 Å². The van der Waals surface area contributed by atoms with Crippen molar-refractivity contribution in [3.05, 3.63) is 29.8 Å². The van der Waals surface area contributed by atoms with Crippen molar-refractivity contribution in [1.29, 1.82) is 0 Å². The fourth-order valence-corrected chi connectivity index (χ4v) is 2.65. The largest absolute Gasteiger partial charge is 0.368 e. The van der Waals surface area contributed by atoms with E-state index in [2.05, 4.69) is 41.4 Å². The molecule has 1 aliphatic heterocycles. The summed E-state index contributed by atoms with van der Waals surface area (Å²) in [6.07, 6.45) is 3.93. The maximum Gasteiger partial charge on any atom is 0.0398 e. The molecule has 1 aromatic carbocycles. The second-order valence-electron chi connectivity index (χ2n) is 4.67. The molecule has 1 unspecified atom stereocenters. The van der Waals surface area contributed by atoms with Gasteiger partial charge in [-0.1, -0.05) is 18.2 Å². The summed E-state index contributed by atoms with van der Waals surface area (Å²) in [5, 5.41) is 3.25. The zero-order chi connectivity index (χ0) is 11.4. The van der Waals surface area contributed by atoms with Crippen molar-refractivity contribution in [2.75, 3.05) is 25.0 Å². The second-order valence-corrected chi connectivity index (χ2v) is 4.67. The average molecular weight is 218 g/mol. The molecule has 16 heavy (non-hydrogen) atoms. The highest BCUT2D eigenvalue weighted by Crippen LogP contribution is 2.29. The minimum Gasteiger partial charge on any atom is -0.368 e. The first-order valence-corrected chi connectivity index (χ1v) is 6.30. The van der Waals surface area contributed by atoms with Crippen molar-refractivity contribution in [3.63, 3.8) is 0 Å². The number of para-hydroxylation sites is 1. The summed E-state index contributed by atoms with van der Waals surface area (Å²) in [6, 6.07) is 9.47. The first-order chi connectivity index (χ1) is 7.83. The average Bonchev–Trinajstić information content (AvgIpc) is 2.75. The van der Waals surface area contributed by atoms with E-state index in [9.17, 15) is 0 Å². The molecule has 2 nitrogen and oxygen atoms in total. The summed E-state index contributed by atoms with van der Waals surface area (Å²) in [7, 11) is 2.03. The Hall–Kier alpha value is -1.02. The van der Waals surface area contributed by atoms with Crippen molar-refractivity contribution >= 4 is 5.69 Å². The molecular formula is C14H22N2. The quantitative estimate of drug-likeness (QED) is 0.835.